The van der Waals surface area contributed by atoms with Gasteiger partial charge in [0.05, 0.1) is 12.1 Å². The number of rotatable bonds is 2. The van der Waals surface area contributed by atoms with Gasteiger partial charge in [-0.15, -0.1) is 0 Å². The van der Waals surface area contributed by atoms with E-state index in [0.717, 1.165) is 6.54 Å². The number of carbonyl (C=O) groups is 1. The smallest absolute Gasteiger partial charge is 0.236 e. The van der Waals surface area contributed by atoms with Crippen LogP contribution in [0.5, 0.6) is 0 Å². The molecular weight excluding hydrogens is 233 g/mol. The van der Waals surface area contributed by atoms with Gasteiger partial charge in [0.25, 0.3) is 0 Å². The van der Waals surface area contributed by atoms with Crippen molar-refractivity contribution < 1.29 is 9.18 Å². The molecule has 1 aromatic rings. The summed E-state index contributed by atoms with van der Waals surface area (Å²) in [6, 6.07) is 6.59. The third-order valence-electron chi connectivity index (χ3n) is 3.13. The topological polar surface area (TPSA) is 47.3 Å². The van der Waals surface area contributed by atoms with Gasteiger partial charge in [-0.1, -0.05) is 12.1 Å². The SMILES string of the molecule is CN1CCN(Cc2cccc(C#N)c2F)CC1=O. The van der Waals surface area contributed by atoms with Crippen LogP contribution >= 0.6 is 0 Å². The summed E-state index contributed by atoms with van der Waals surface area (Å²) in [5.74, 6) is -0.440. The molecule has 94 valence electrons. The summed E-state index contributed by atoms with van der Waals surface area (Å²) < 4.78 is 13.9. The van der Waals surface area contributed by atoms with Crippen LogP contribution in [0, 0.1) is 17.1 Å². The number of nitriles is 1. The Morgan fingerprint density at radius 1 is 1.44 bits per heavy atom. The van der Waals surface area contributed by atoms with Crippen molar-refractivity contribution >= 4 is 5.91 Å². The number of piperazine rings is 1. The molecule has 0 radical (unpaired) electrons. The van der Waals surface area contributed by atoms with Crippen LogP contribution < -0.4 is 0 Å². The Hall–Kier alpha value is -1.93. The second-order valence-electron chi connectivity index (χ2n) is 4.42. The molecule has 18 heavy (non-hydrogen) atoms. The normalized spacial score (nSPS) is 16.7. The van der Waals surface area contributed by atoms with Gasteiger partial charge in [0.2, 0.25) is 5.91 Å². The van der Waals surface area contributed by atoms with Gasteiger partial charge in [-0.2, -0.15) is 5.26 Å². The molecule has 1 fully saturated rings. The van der Waals surface area contributed by atoms with Crippen molar-refractivity contribution in [2.24, 2.45) is 0 Å². The molecule has 0 N–H and O–H groups in total. The molecule has 1 aliphatic heterocycles. The third kappa shape index (κ3) is 2.49. The summed E-state index contributed by atoms with van der Waals surface area (Å²) >= 11 is 0. The minimum Gasteiger partial charge on any atom is -0.343 e. The Morgan fingerprint density at radius 2 is 2.22 bits per heavy atom. The molecule has 0 saturated carbocycles. The molecule has 1 amide bonds. The van der Waals surface area contributed by atoms with Crippen molar-refractivity contribution in [3.63, 3.8) is 0 Å². The molecule has 2 rings (SSSR count). The Morgan fingerprint density at radius 3 is 2.89 bits per heavy atom. The van der Waals surface area contributed by atoms with Crippen LogP contribution in [0.2, 0.25) is 0 Å². The standard InChI is InChI=1S/C13H14FN3O/c1-16-5-6-17(9-12(16)18)8-11-4-2-3-10(7-15)13(11)14/h2-4H,5-6,8-9H2,1H3. The summed E-state index contributed by atoms with van der Waals surface area (Å²) in [5.41, 5.74) is 0.513. The molecule has 1 aromatic carbocycles. The van der Waals surface area contributed by atoms with Crippen LogP contribution in [0.4, 0.5) is 4.39 Å². The van der Waals surface area contributed by atoms with Gasteiger partial charge in [0.15, 0.2) is 0 Å². The lowest BCUT2D eigenvalue weighted by molar-refractivity contribution is -0.134. The van der Waals surface area contributed by atoms with Crippen LogP contribution in [-0.4, -0.2) is 42.4 Å². The number of benzene rings is 1. The Balaban J connectivity index is 2.11. The van der Waals surface area contributed by atoms with Crippen molar-refractivity contribution in [1.29, 1.82) is 5.26 Å². The van der Waals surface area contributed by atoms with Gasteiger partial charge in [0.1, 0.15) is 11.9 Å². The quantitative estimate of drug-likeness (QED) is 0.782. The fraction of sp³-hybridized carbons (Fsp3) is 0.385. The first-order valence-corrected chi connectivity index (χ1v) is 5.75. The fourth-order valence-electron chi connectivity index (χ4n) is 1.97. The summed E-state index contributed by atoms with van der Waals surface area (Å²) in [5, 5.41) is 8.76. The molecule has 0 unspecified atom stereocenters. The van der Waals surface area contributed by atoms with Gasteiger partial charge in [0, 0.05) is 32.2 Å². The van der Waals surface area contributed by atoms with Crippen molar-refractivity contribution in [1.82, 2.24) is 9.80 Å². The van der Waals surface area contributed by atoms with E-state index in [4.69, 9.17) is 5.26 Å². The lowest BCUT2D eigenvalue weighted by Gasteiger charge is -2.31. The number of halogens is 1. The number of amides is 1. The van der Waals surface area contributed by atoms with E-state index in [1.54, 1.807) is 24.1 Å². The van der Waals surface area contributed by atoms with Gasteiger partial charge < -0.3 is 4.90 Å². The Labute approximate surface area is 105 Å². The van der Waals surface area contributed by atoms with Gasteiger partial charge in [-0.25, -0.2) is 4.39 Å². The summed E-state index contributed by atoms with van der Waals surface area (Å²) in [4.78, 5) is 15.1. The molecule has 0 bridgehead atoms. The maximum Gasteiger partial charge on any atom is 0.236 e. The highest BCUT2D eigenvalue weighted by Crippen LogP contribution is 2.15. The lowest BCUT2D eigenvalue weighted by atomic mass is 10.1. The van der Waals surface area contributed by atoms with Crippen LogP contribution in [0.1, 0.15) is 11.1 Å². The second kappa shape index (κ2) is 5.15. The fourth-order valence-corrected chi connectivity index (χ4v) is 1.97. The van der Waals surface area contributed by atoms with E-state index < -0.39 is 5.82 Å². The highest BCUT2D eigenvalue weighted by Gasteiger charge is 2.22. The molecule has 0 aliphatic carbocycles. The van der Waals surface area contributed by atoms with Crippen molar-refractivity contribution in [3.05, 3.63) is 35.1 Å². The maximum atomic E-state index is 13.9. The molecular formula is C13H14FN3O. The minimum atomic E-state index is -0.480. The zero-order valence-electron chi connectivity index (χ0n) is 10.2. The Bertz CT molecular complexity index is 509. The van der Waals surface area contributed by atoms with Gasteiger partial charge >= 0.3 is 0 Å². The Kier molecular flexibility index (Phi) is 3.58. The number of hydrogen-bond acceptors (Lipinski definition) is 3. The zero-order chi connectivity index (χ0) is 13.1. The highest BCUT2D eigenvalue weighted by molar-refractivity contribution is 5.78. The summed E-state index contributed by atoms with van der Waals surface area (Å²) in [7, 11) is 1.76. The van der Waals surface area contributed by atoms with Crippen molar-refractivity contribution in [2.45, 2.75) is 6.54 Å². The molecule has 1 saturated heterocycles. The summed E-state index contributed by atoms with van der Waals surface area (Å²) in [6.07, 6.45) is 0. The molecule has 0 atom stereocenters. The summed E-state index contributed by atoms with van der Waals surface area (Å²) in [6.45, 7) is 2.03. The molecule has 1 aliphatic rings. The van der Waals surface area contributed by atoms with E-state index in [1.807, 2.05) is 11.0 Å². The van der Waals surface area contributed by atoms with Gasteiger partial charge in [-0.3, -0.25) is 9.69 Å². The van der Waals surface area contributed by atoms with E-state index in [1.165, 1.54) is 6.07 Å². The average molecular weight is 247 g/mol. The predicted molar refractivity (Wildman–Crippen MR) is 64.0 cm³/mol. The van der Waals surface area contributed by atoms with Gasteiger partial charge in [-0.05, 0) is 6.07 Å². The first-order chi connectivity index (χ1) is 8.61. The average Bonchev–Trinajstić information content (AvgIpc) is 2.36. The molecule has 0 spiro atoms. The van der Waals surface area contributed by atoms with Crippen LogP contribution in [0.25, 0.3) is 0 Å². The third-order valence-corrected chi connectivity index (χ3v) is 3.13. The van der Waals surface area contributed by atoms with Crippen molar-refractivity contribution in [3.8, 4) is 6.07 Å². The zero-order valence-corrected chi connectivity index (χ0v) is 10.2. The molecule has 5 heteroatoms. The minimum absolute atomic E-state index is 0.0399. The van der Waals surface area contributed by atoms with E-state index in [9.17, 15) is 9.18 Å². The number of likely N-dealkylation sites (N-methyl/N-ethyl adjacent to an activating group) is 1. The van der Waals surface area contributed by atoms with E-state index in [0.29, 0.717) is 25.2 Å². The highest BCUT2D eigenvalue weighted by atomic mass is 19.1. The first-order valence-electron chi connectivity index (χ1n) is 5.75. The molecule has 4 nitrogen and oxygen atoms in total. The van der Waals surface area contributed by atoms with Crippen LogP contribution in [-0.2, 0) is 11.3 Å². The van der Waals surface area contributed by atoms with E-state index >= 15 is 0 Å². The predicted octanol–water partition coefficient (Wildman–Crippen LogP) is 0.971. The molecule has 0 aromatic heterocycles. The first kappa shape index (κ1) is 12.5. The van der Waals surface area contributed by atoms with Crippen LogP contribution in [0.15, 0.2) is 18.2 Å². The second-order valence-corrected chi connectivity index (χ2v) is 4.42. The largest absolute Gasteiger partial charge is 0.343 e. The maximum absolute atomic E-state index is 13.9. The number of nitrogens with zero attached hydrogens (tertiary/aromatic N) is 3. The van der Waals surface area contributed by atoms with Crippen LogP contribution in [0.3, 0.4) is 0 Å². The number of hydrogen-bond donors (Lipinski definition) is 0. The van der Waals surface area contributed by atoms with E-state index in [-0.39, 0.29) is 11.5 Å². The monoisotopic (exact) mass is 247 g/mol. The molecule has 1 heterocycles. The lowest BCUT2D eigenvalue weighted by Crippen LogP contribution is -2.48. The van der Waals surface area contributed by atoms with Crippen molar-refractivity contribution in [2.75, 3.05) is 26.7 Å². The number of carbonyl (C=O) groups excluding carboxylic acids is 1. The van der Waals surface area contributed by atoms with E-state index in [2.05, 4.69) is 0 Å².